The molecule has 1 unspecified atom stereocenters. The van der Waals surface area contributed by atoms with E-state index in [1.165, 1.54) is 0 Å². The molecule has 0 aliphatic carbocycles. The van der Waals surface area contributed by atoms with Gasteiger partial charge in [0, 0.05) is 19.7 Å². The van der Waals surface area contributed by atoms with Crippen molar-refractivity contribution in [2.24, 2.45) is 7.05 Å². The van der Waals surface area contributed by atoms with Gasteiger partial charge < -0.3 is 14.6 Å². The number of rotatable bonds is 2. The Bertz CT molecular complexity index is 580. The van der Waals surface area contributed by atoms with Crippen molar-refractivity contribution in [1.29, 1.82) is 0 Å². The first kappa shape index (κ1) is 12.0. The van der Waals surface area contributed by atoms with E-state index in [0.29, 0.717) is 24.7 Å². The molecule has 1 aliphatic heterocycles. The van der Waals surface area contributed by atoms with Crippen molar-refractivity contribution in [2.75, 3.05) is 13.2 Å². The summed E-state index contributed by atoms with van der Waals surface area (Å²) >= 11 is 0. The predicted octanol–water partition coefficient (Wildman–Crippen LogP) is 1.66. The van der Waals surface area contributed by atoms with E-state index in [9.17, 15) is 5.11 Å². The van der Waals surface area contributed by atoms with Gasteiger partial charge >= 0.3 is 0 Å². The van der Waals surface area contributed by atoms with Crippen molar-refractivity contribution < 1.29 is 14.6 Å². The van der Waals surface area contributed by atoms with Gasteiger partial charge in [0.15, 0.2) is 11.5 Å². The predicted molar refractivity (Wildman–Crippen MR) is 69.3 cm³/mol. The van der Waals surface area contributed by atoms with Crippen LogP contribution in [0.15, 0.2) is 30.5 Å². The molecule has 1 aromatic carbocycles. The number of fused-ring (bicyclic) bond motifs is 1. The summed E-state index contributed by atoms with van der Waals surface area (Å²) in [7, 11) is 1.82. The number of aryl methyl sites for hydroxylation is 1. The largest absolute Gasteiger partial charge is 0.490 e. The minimum Gasteiger partial charge on any atom is -0.490 e. The molecular weight excluding hydrogens is 244 g/mol. The monoisotopic (exact) mass is 260 g/mol. The number of ether oxygens (including phenoxy) is 2. The van der Waals surface area contributed by atoms with Crippen molar-refractivity contribution >= 4 is 0 Å². The summed E-state index contributed by atoms with van der Waals surface area (Å²) < 4.78 is 12.9. The highest BCUT2D eigenvalue weighted by molar-refractivity contribution is 5.45. The maximum atomic E-state index is 10.3. The third kappa shape index (κ3) is 2.42. The van der Waals surface area contributed by atoms with E-state index in [0.717, 1.165) is 17.7 Å². The number of aliphatic hydroxyl groups is 1. The topological polar surface area (TPSA) is 56.5 Å². The van der Waals surface area contributed by atoms with Crippen LogP contribution in [0.3, 0.4) is 0 Å². The third-order valence-electron chi connectivity index (χ3n) is 3.10. The average molecular weight is 260 g/mol. The van der Waals surface area contributed by atoms with Crippen LogP contribution < -0.4 is 9.47 Å². The van der Waals surface area contributed by atoms with Gasteiger partial charge in [-0.2, -0.15) is 5.10 Å². The number of hydrogen-bond acceptors (Lipinski definition) is 4. The van der Waals surface area contributed by atoms with Crippen molar-refractivity contribution in [2.45, 2.75) is 12.5 Å². The molecule has 1 N–H and O–H groups in total. The molecule has 2 heterocycles. The zero-order valence-electron chi connectivity index (χ0n) is 10.7. The highest BCUT2D eigenvalue weighted by Crippen LogP contribution is 2.33. The Morgan fingerprint density at radius 3 is 2.74 bits per heavy atom. The average Bonchev–Trinajstić information content (AvgIpc) is 2.72. The first-order chi connectivity index (χ1) is 9.24. The SMILES string of the molecule is Cn1ccc(C(O)c2ccc3c(c2)OCCCO3)n1. The Morgan fingerprint density at radius 1 is 1.21 bits per heavy atom. The van der Waals surface area contributed by atoms with Crippen molar-refractivity contribution in [1.82, 2.24) is 9.78 Å². The number of hydrogen-bond donors (Lipinski definition) is 1. The van der Waals surface area contributed by atoms with E-state index in [-0.39, 0.29) is 0 Å². The van der Waals surface area contributed by atoms with Crippen LogP contribution in [0.2, 0.25) is 0 Å². The molecule has 1 aliphatic rings. The quantitative estimate of drug-likeness (QED) is 0.892. The summed E-state index contributed by atoms with van der Waals surface area (Å²) in [6.07, 6.45) is 1.92. The molecule has 1 aromatic heterocycles. The maximum absolute atomic E-state index is 10.3. The van der Waals surface area contributed by atoms with Gasteiger partial charge in [-0.05, 0) is 23.8 Å². The maximum Gasteiger partial charge on any atom is 0.161 e. The van der Waals surface area contributed by atoms with E-state index < -0.39 is 6.10 Å². The van der Waals surface area contributed by atoms with E-state index in [1.807, 2.05) is 31.4 Å². The molecule has 0 saturated heterocycles. The van der Waals surface area contributed by atoms with Gasteiger partial charge in [0.2, 0.25) is 0 Å². The fourth-order valence-corrected chi connectivity index (χ4v) is 2.10. The Morgan fingerprint density at radius 2 is 2.00 bits per heavy atom. The summed E-state index contributed by atoms with van der Waals surface area (Å²) in [5, 5.41) is 14.5. The van der Waals surface area contributed by atoms with Gasteiger partial charge in [0.05, 0.1) is 18.9 Å². The molecule has 19 heavy (non-hydrogen) atoms. The molecule has 5 heteroatoms. The molecule has 1 atom stereocenters. The Labute approximate surface area is 111 Å². The van der Waals surface area contributed by atoms with Gasteiger partial charge in [-0.15, -0.1) is 0 Å². The fraction of sp³-hybridized carbons (Fsp3) is 0.357. The van der Waals surface area contributed by atoms with Gasteiger partial charge in [0.1, 0.15) is 6.10 Å². The fourth-order valence-electron chi connectivity index (χ4n) is 2.10. The third-order valence-corrected chi connectivity index (χ3v) is 3.10. The Hall–Kier alpha value is -2.01. The molecule has 3 rings (SSSR count). The second-order valence-corrected chi connectivity index (χ2v) is 4.57. The zero-order valence-corrected chi connectivity index (χ0v) is 10.7. The molecule has 5 nitrogen and oxygen atoms in total. The number of nitrogens with zero attached hydrogens (tertiary/aromatic N) is 2. The van der Waals surface area contributed by atoms with Gasteiger partial charge in [-0.3, -0.25) is 4.68 Å². The molecule has 0 spiro atoms. The molecule has 100 valence electrons. The summed E-state index contributed by atoms with van der Waals surface area (Å²) in [4.78, 5) is 0. The molecule has 0 radical (unpaired) electrons. The van der Waals surface area contributed by atoms with Crippen LogP contribution in [-0.4, -0.2) is 28.1 Å². The van der Waals surface area contributed by atoms with Crippen LogP contribution in [-0.2, 0) is 7.05 Å². The molecular formula is C14H16N2O3. The zero-order chi connectivity index (χ0) is 13.2. The van der Waals surface area contributed by atoms with Gasteiger partial charge in [0.25, 0.3) is 0 Å². The highest BCUT2D eigenvalue weighted by Gasteiger charge is 2.17. The lowest BCUT2D eigenvalue weighted by molar-refractivity contribution is 0.213. The molecule has 0 fully saturated rings. The second kappa shape index (κ2) is 4.93. The standard InChI is InChI=1S/C14H16N2O3/c1-16-6-5-11(15-16)14(17)10-3-4-12-13(9-10)19-8-2-7-18-12/h3-6,9,14,17H,2,7-8H2,1H3. The smallest absolute Gasteiger partial charge is 0.161 e. The lowest BCUT2D eigenvalue weighted by Gasteiger charge is -2.12. The van der Waals surface area contributed by atoms with Crippen LogP contribution in [0.25, 0.3) is 0 Å². The molecule has 2 aromatic rings. The van der Waals surface area contributed by atoms with Crippen LogP contribution in [0.4, 0.5) is 0 Å². The Kier molecular flexibility index (Phi) is 3.13. The minimum absolute atomic E-state index is 0.622. The summed E-state index contributed by atoms with van der Waals surface area (Å²) in [6, 6.07) is 7.29. The first-order valence-corrected chi connectivity index (χ1v) is 6.31. The normalized spacial score (nSPS) is 15.9. The number of benzene rings is 1. The van der Waals surface area contributed by atoms with E-state index in [2.05, 4.69) is 5.10 Å². The molecule has 0 bridgehead atoms. The van der Waals surface area contributed by atoms with Crippen LogP contribution in [0.5, 0.6) is 11.5 Å². The second-order valence-electron chi connectivity index (χ2n) is 4.57. The highest BCUT2D eigenvalue weighted by atomic mass is 16.5. The van der Waals surface area contributed by atoms with Crippen LogP contribution in [0, 0.1) is 0 Å². The van der Waals surface area contributed by atoms with Crippen molar-refractivity contribution in [3.05, 3.63) is 41.7 Å². The lowest BCUT2D eigenvalue weighted by atomic mass is 10.1. The minimum atomic E-state index is -0.752. The Balaban J connectivity index is 1.91. The summed E-state index contributed by atoms with van der Waals surface area (Å²) in [5.74, 6) is 1.42. The lowest BCUT2D eigenvalue weighted by Crippen LogP contribution is -2.02. The molecule has 0 amide bonds. The number of aliphatic hydroxyl groups excluding tert-OH is 1. The van der Waals surface area contributed by atoms with Gasteiger partial charge in [-0.1, -0.05) is 6.07 Å². The van der Waals surface area contributed by atoms with E-state index in [1.54, 1.807) is 10.7 Å². The first-order valence-electron chi connectivity index (χ1n) is 6.31. The summed E-state index contributed by atoms with van der Waals surface area (Å²) in [5.41, 5.74) is 1.37. The van der Waals surface area contributed by atoms with Crippen molar-refractivity contribution in [3.63, 3.8) is 0 Å². The molecule has 0 saturated carbocycles. The number of aromatic nitrogens is 2. The van der Waals surface area contributed by atoms with Gasteiger partial charge in [-0.25, -0.2) is 0 Å². The van der Waals surface area contributed by atoms with E-state index in [4.69, 9.17) is 9.47 Å². The summed E-state index contributed by atoms with van der Waals surface area (Å²) in [6.45, 7) is 1.30. The van der Waals surface area contributed by atoms with E-state index >= 15 is 0 Å². The van der Waals surface area contributed by atoms with Crippen LogP contribution >= 0.6 is 0 Å². The van der Waals surface area contributed by atoms with Crippen LogP contribution in [0.1, 0.15) is 23.8 Å². The van der Waals surface area contributed by atoms with Crippen molar-refractivity contribution in [3.8, 4) is 11.5 Å².